The Morgan fingerprint density at radius 3 is 2.50 bits per heavy atom. The fraction of sp³-hybridized carbons (Fsp3) is 0.263. The second-order valence-electron chi connectivity index (χ2n) is 5.53. The number of nitrogens with zero attached hydrogens (tertiary/aromatic N) is 1. The summed E-state index contributed by atoms with van der Waals surface area (Å²) in [5.41, 5.74) is 3.86. The van der Waals surface area contributed by atoms with Crippen molar-refractivity contribution >= 4 is 44.0 Å². The molecule has 0 spiro atoms. The lowest BCUT2D eigenvalue weighted by Gasteiger charge is -2.11. The number of carbonyl (C=O) groups excluding carboxylic acids is 1. The molecule has 150 valence electrons. The van der Waals surface area contributed by atoms with Crippen molar-refractivity contribution in [1.82, 2.24) is 5.43 Å². The number of benzene rings is 2. The summed E-state index contributed by atoms with van der Waals surface area (Å²) in [5, 5.41) is 14.0. The van der Waals surface area contributed by atoms with E-state index in [1.807, 2.05) is 6.92 Å². The van der Waals surface area contributed by atoms with Crippen LogP contribution in [0, 0.1) is 0 Å². The number of halogens is 2. The quantitative estimate of drug-likeness (QED) is 0.409. The Labute approximate surface area is 179 Å². The van der Waals surface area contributed by atoms with Crippen molar-refractivity contribution in [2.24, 2.45) is 5.10 Å². The van der Waals surface area contributed by atoms with Gasteiger partial charge in [-0.05, 0) is 62.5 Å². The van der Waals surface area contributed by atoms with Crippen LogP contribution in [-0.2, 0) is 11.2 Å². The van der Waals surface area contributed by atoms with Crippen LogP contribution in [0.1, 0.15) is 18.1 Å². The summed E-state index contributed by atoms with van der Waals surface area (Å²) in [6, 6.07) is 6.89. The normalized spacial score (nSPS) is 10.8. The minimum absolute atomic E-state index is 0.0108. The number of methoxy groups -OCH3 is 2. The molecule has 0 saturated heterocycles. The van der Waals surface area contributed by atoms with E-state index in [2.05, 4.69) is 42.4 Å². The second-order valence-corrected chi connectivity index (χ2v) is 7.12. The summed E-state index contributed by atoms with van der Waals surface area (Å²) in [5.74, 6) is 1.16. The van der Waals surface area contributed by atoms with Crippen LogP contribution in [0.25, 0.3) is 0 Å². The Bertz CT molecular complexity index is 887. The highest BCUT2D eigenvalue weighted by molar-refractivity contribution is 9.13. The van der Waals surface area contributed by atoms with E-state index in [-0.39, 0.29) is 18.1 Å². The van der Waals surface area contributed by atoms with E-state index >= 15 is 0 Å². The molecule has 2 rings (SSSR count). The van der Waals surface area contributed by atoms with Gasteiger partial charge in [0.1, 0.15) is 0 Å². The van der Waals surface area contributed by atoms with Gasteiger partial charge in [0, 0.05) is 10.0 Å². The summed E-state index contributed by atoms with van der Waals surface area (Å²) < 4.78 is 16.8. The van der Waals surface area contributed by atoms with Gasteiger partial charge in [0.15, 0.2) is 23.0 Å². The molecule has 0 unspecified atom stereocenters. The molecule has 28 heavy (non-hydrogen) atoms. The van der Waals surface area contributed by atoms with Crippen LogP contribution in [-0.4, -0.2) is 38.1 Å². The van der Waals surface area contributed by atoms with Gasteiger partial charge in [-0.3, -0.25) is 4.79 Å². The third-order valence-corrected chi connectivity index (χ3v) is 5.84. The highest BCUT2D eigenvalue weighted by atomic mass is 79.9. The highest BCUT2D eigenvalue weighted by Crippen LogP contribution is 2.41. The first-order chi connectivity index (χ1) is 13.4. The van der Waals surface area contributed by atoms with Crippen molar-refractivity contribution in [2.45, 2.75) is 13.3 Å². The van der Waals surface area contributed by atoms with Crippen molar-refractivity contribution in [3.05, 3.63) is 44.3 Å². The summed E-state index contributed by atoms with van der Waals surface area (Å²) in [6.45, 7) is 2.22. The number of carbonyl (C=O) groups is 1. The fourth-order valence-corrected chi connectivity index (χ4v) is 3.19. The Morgan fingerprint density at radius 1 is 1.14 bits per heavy atom. The van der Waals surface area contributed by atoms with E-state index in [4.69, 9.17) is 14.2 Å². The number of ether oxygens (including phenoxy) is 3. The zero-order valence-corrected chi connectivity index (χ0v) is 18.8. The molecule has 7 nitrogen and oxygen atoms in total. The maximum Gasteiger partial charge on any atom is 0.244 e. The van der Waals surface area contributed by atoms with Crippen LogP contribution in [0.5, 0.6) is 23.0 Å². The molecular weight excluding hydrogens is 496 g/mol. The first-order valence-electron chi connectivity index (χ1n) is 8.27. The zero-order valence-electron chi connectivity index (χ0n) is 15.6. The minimum atomic E-state index is -0.289. The molecule has 0 aliphatic rings. The molecule has 0 bridgehead atoms. The van der Waals surface area contributed by atoms with Gasteiger partial charge >= 0.3 is 0 Å². The van der Waals surface area contributed by atoms with E-state index in [0.717, 1.165) is 5.56 Å². The molecule has 2 aromatic carbocycles. The van der Waals surface area contributed by atoms with Crippen molar-refractivity contribution in [1.29, 1.82) is 0 Å². The van der Waals surface area contributed by atoms with Crippen molar-refractivity contribution in [2.75, 3.05) is 20.8 Å². The summed E-state index contributed by atoms with van der Waals surface area (Å²) in [6.07, 6.45) is 1.59. The molecule has 0 fully saturated rings. The van der Waals surface area contributed by atoms with E-state index in [1.54, 1.807) is 31.4 Å². The standard InChI is InChI=1S/C19H20Br2N2O5/c1-4-28-15-9-12(17(20)18(21)19(15)25)10-22-23-16(24)8-11-5-6-13(26-2)14(7-11)27-3/h5-7,9-10,25H,4,8H2,1-3H3,(H,23,24)/b22-10-. The molecule has 1 amide bonds. The Morgan fingerprint density at radius 2 is 1.86 bits per heavy atom. The second kappa shape index (κ2) is 10.3. The topological polar surface area (TPSA) is 89.4 Å². The molecule has 2 aromatic rings. The molecule has 0 atom stereocenters. The van der Waals surface area contributed by atoms with E-state index in [1.165, 1.54) is 13.3 Å². The molecule has 0 radical (unpaired) electrons. The van der Waals surface area contributed by atoms with Crippen LogP contribution < -0.4 is 19.6 Å². The molecule has 0 aromatic heterocycles. The predicted octanol–water partition coefficient (Wildman–Crippen LogP) is 4.03. The summed E-state index contributed by atoms with van der Waals surface area (Å²) in [7, 11) is 3.09. The van der Waals surface area contributed by atoms with E-state index < -0.39 is 0 Å². The number of rotatable bonds is 8. The number of amides is 1. The first kappa shape index (κ1) is 22.0. The van der Waals surface area contributed by atoms with Gasteiger partial charge < -0.3 is 19.3 Å². The van der Waals surface area contributed by atoms with Crippen LogP contribution >= 0.6 is 31.9 Å². The van der Waals surface area contributed by atoms with E-state index in [9.17, 15) is 9.90 Å². The van der Waals surface area contributed by atoms with Gasteiger partial charge in [-0.15, -0.1) is 0 Å². The van der Waals surface area contributed by atoms with Gasteiger partial charge in [0.05, 0.1) is 37.9 Å². The summed E-state index contributed by atoms with van der Waals surface area (Å²) >= 11 is 6.67. The average Bonchev–Trinajstić information content (AvgIpc) is 2.69. The minimum Gasteiger partial charge on any atom is -0.503 e. The molecule has 0 heterocycles. The maximum absolute atomic E-state index is 12.1. The van der Waals surface area contributed by atoms with Crippen molar-refractivity contribution in [3.8, 4) is 23.0 Å². The number of phenols is 1. The lowest BCUT2D eigenvalue weighted by atomic mass is 10.1. The molecule has 9 heteroatoms. The number of phenolic OH excluding ortho intramolecular Hbond substituents is 1. The maximum atomic E-state index is 12.1. The number of hydrogen-bond donors (Lipinski definition) is 2. The van der Waals surface area contributed by atoms with Crippen molar-refractivity contribution < 1.29 is 24.1 Å². The third kappa shape index (κ3) is 5.39. The van der Waals surface area contributed by atoms with Crippen LogP contribution in [0.15, 0.2) is 38.3 Å². The molecule has 0 aliphatic carbocycles. The Kier molecular flexibility index (Phi) is 8.13. The molecule has 0 aliphatic heterocycles. The predicted molar refractivity (Wildman–Crippen MR) is 114 cm³/mol. The van der Waals surface area contributed by atoms with Gasteiger partial charge in [-0.2, -0.15) is 5.10 Å². The van der Waals surface area contributed by atoms with Crippen molar-refractivity contribution in [3.63, 3.8) is 0 Å². The van der Waals surface area contributed by atoms with Gasteiger partial charge in [0.2, 0.25) is 5.91 Å². The number of hydrazone groups is 1. The van der Waals surface area contributed by atoms with Gasteiger partial charge in [0.25, 0.3) is 0 Å². The number of hydrogen-bond acceptors (Lipinski definition) is 6. The largest absolute Gasteiger partial charge is 0.503 e. The monoisotopic (exact) mass is 514 g/mol. The fourth-order valence-electron chi connectivity index (χ4n) is 2.36. The SMILES string of the molecule is CCOc1cc(/C=N\NC(=O)Cc2ccc(OC)c(OC)c2)c(Br)c(Br)c1O. The lowest BCUT2D eigenvalue weighted by molar-refractivity contribution is -0.120. The summed E-state index contributed by atoms with van der Waals surface area (Å²) in [4.78, 5) is 12.1. The number of nitrogens with one attached hydrogen (secondary N) is 1. The molecule has 2 N–H and O–H groups in total. The smallest absolute Gasteiger partial charge is 0.244 e. The molecule has 0 saturated carbocycles. The average molecular weight is 516 g/mol. The van der Waals surface area contributed by atoms with Crippen LogP contribution in [0.2, 0.25) is 0 Å². The lowest BCUT2D eigenvalue weighted by Crippen LogP contribution is -2.19. The zero-order chi connectivity index (χ0) is 20.7. The highest BCUT2D eigenvalue weighted by Gasteiger charge is 2.14. The van der Waals surface area contributed by atoms with E-state index in [0.29, 0.717) is 38.4 Å². The van der Waals surface area contributed by atoms with Gasteiger partial charge in [-0.1, -0.05) is 6.07 Å². The third-order valence-electron chi connectivity index (χ3n) is 3.68. The number of aromatic hydroxyl groups is 1. The Hall–Kier alpha value is -2.26. The Balaban J connectivity index is 2.07. The van der Waals surface area contributed by atoms with Crippen LogP contribution in [0.4, 0.5) is 0 Å². The van der Waals surface area contributed by atoms with Crippen LogP contribution in [0.3, 0.4) is 0 Å². The first-order valence-corrected chi connectivity index (χ1v) is 9.86. The van der Waals surface area contributed by atoms with Gasteiger partial charge in [-0.25, -0.2) is 5.43 Å². The molecular formula is C19H20Br2N2O5.